The Morgan fingerprint density at radius 1 is 0.786 bits per heavy atom. The molecule has 0 bridgehead atoms. The number of pyridine rings is 2. The first kappa shape index (κ1) is 22.5. The Morgan fingerprint density at radius 3 is 2.04 bits per heavy atom. The van der Waals surface area contributed by atoms with Gasteiger partial charge in [-0.1, -0.05) is 36.4 Å². The summed E-state index contributed by atoms with van der Waals surface area (Å²) < 4.78 is 0. The van der Waals surface area contributed by atoms with Crippen LogP contribution in [0.25, 0.3) is 33.1 Å². The van der Waals surface area contributed by atoms with E-state index in [0.717, 1.165) is 0 Å². The smallest absolute Gasteiger partial charge is 0.545 e. The van der Waals surface area contributed by atoms with Crippen LogP contribution in [0.4, 0.5) is 0 Å². The first-order valence-electron chi connectivity index (χ1n) is 7.77. The molecule has 0 aliphatic heterocycles. The number of nitrogens with zero attached hydrogens (tertiary/aromatic N) is 2. The van der Waals surface area contributed by atoms with Gasteiger partial charge in [-0.3, -0.25) is 4.98 Å². The molecule has 0 saturated heterocycles. The van der Waals surface area contributed by atoms with Crippen LogP contribution in [0.2, 0.25) is 0 Å². The van der Waals surface area contributed by atoms with Crippen molar-refractivity contribution in [2.75, 3.05) is 0 Å². The Morgan fingerprint density at radius 2 is 1.39 bits per heavy atom. The third-order valence-corrected chi connectivity index (χ3v) is 4.19. The molecule has 28 heavy (non-hydrogen) atoms. The number of para-hydroxylation sites is 2. The van der Waals surface area contributed by atoms with Gasteiger partial charge in [-0.05, 0) is 18.2 Å². The predicted octanol–water partition coefficient (Wildman–Crippen LogP) is -4.81. The molecule has 2 heterocycles. The Hall–Kier alpha value is -1.80. The molecular weight excluding hydrogens is 378 g/mol. The number of benzene rings is 2. The van der Waals surface area contributed by atoms with Crippen LogP contribution < -0.4 is 69.3 Å². The molecule has 0 aliphatic carbocycles. The number of carbonyl (C=O) groups excluding carboxylic acids is 2. The van der Waals surface area contributed by atoms with E-state index >= 15 is 0 Å². The molecule has 126 valence electrons. The quantitative estimate of drug-likeness (QED) is 0.326. The number of aromatic carboxylic acids is 2. The van der Waals surface area contributed by atoms with Gasteiger partial charge in [0.2, 0.25) is 0 Å². The van der Waals surface area contributed by atoms with Crippen molar-refractivity contribution in [2.45, 2.75) is 0 Å². The second-order valence-electron chi connectivity index (χ2n) is 5.71. The molecule has 6 nitrogen and oxygen atoms in total. The largest absolute Gasteiger partial charge is 1.00 e. The van der Waals surface area contributed by atoms with Crippen molar-refractivity contribution in [3.8, 4) is 11.3 Å². The van der Waals surface area contributed by atoms with Crippen LogP contribution in [0.3, 0.4) is 0 Å². The Balaban J connectivity index is 0.00000140. The maximum Gasteiger partial charge on any atom is 1.00 e. The van der Waals surface area contributed by atoms with Gasteiger partial charge in [0.05, 0.1) is 28.7 Å². The van der Waals surface area contributed by atoms with Crippen LogP contribution in [0.5, 0.6) is 0 Å². The van der Waals surface area contributed by atoms with Crippen molar-refractivity contribution >= 4 is 33.7 Å². The van der Waals surface area contributed by atoms with Gasteiger partial charge in [-0.15, -0.1) is 0 Å². The summed E-state index contributed by atoms with van der Waals surface area (Å²) in [5.74, 6) is -2.75. The van der Waals surface area contributed by atoms with Crippen LogP contribution in [0.1, 0.15) is 20.7 Å². The summed E-state index contributed by atoms with van der Waals surface area (Å²) in [6, 6.07) is 14.7. The van der Waals surface area contributed by atoms with Crippen molar-refractivity contribution in [3.05, 3.63) is 71.9 Å². The standard InChI is InChI=1S/C20H12N2O4.2Na/c23-19(24)13-9-17(22-16-8-4-1-5-11(13)16)14-10-21-15-7-3-2-6-12(15)18(14)20(25)26;;/h1-10H,(H,23,24)(H,25,26);;/q;2*+1/p-2. The van der Waals surface area contributed by atoms with Crippen LogP contribution in [-0.2, 0) is 0 Å². The SMILES string of the molecule is O=C([O-])c1cc(-c2cnc3ccccc3c2C(=O)[O-])nc2ccccc12.[Na+].[Na+]. The van der Waals surface area contributed by atoms with Crippen molar-refractivity contribution in [1.29, 1.82) is 0 Å². The minimum atomic E-state index is -1.39. The summed E-state index contributed by atoms with van der Waals surface area (Å²) in [5, 5.41) is 24.2. The van der Waals surface area contributed by atoms with Gasteiger partial charge in [0.15, 0.2) is 0 Å². The maximum absolute atomic E-state index is 11.8. The summed E-state index contributed by atoms with van der Waals surface area (Å²) in [6.07, 6.45) is 1.36. The number of rotatable bonds is 3. The summed E-state index contributed by atoms with van der Waals surface area (Å²) in [7, 11) is 0. The fourth-order valence-electron chi connectivity index (χ4n) is 3.04. The molecular formula is C20H10N2Na2O4. The number of carboxylic acids is 2. The third kappa shape index (κ3) is 3.98. The number of aromatic nitrogens is 2. The molecule has 0 saturated carbocycles. The fourth-order valence-corrected chi connectivity index (χ4v) is 3.04. The zero-order valence-corrected chi connectivity index (χ0v) is 19.3. The van der Waals surface area contributed by atoms with Crippen LogP contribution in [0.15, 0.2) is 60.8 Å². The maximum atomic E-state index is 11.8. The number of hydrogen-bond donors (Lipinski definition) is 0. The number of carboxylic acid groups (broad SMARTS) is 2. The van der Waals surface area contributed by atoms with E-state index in [2.05, 4.69) is 9.97 Å². The zero-order valence-electron chi connectivity index (χ0n) is 15.3. The Kier molecular flexibility index (Phi) is 7.33. The molecule has 0 amide bonds. The van der Waals surface area contributed by atoms with E-state index in [1.807, 2.05) is 0 Å². The van der Waals surface area contributed by atoms with Crippen LogP contribution in [0, 0.1) is 0 Å². The molecule has 0 spiro atoms. The fraction of sp³-hybridized carbons (Fsp3) is 0. The van der Waals surface area contributed by atoms with Gasteiger partial charge in [0, 0.05) is 33.7 Å². The first-order valence-corrected chi connectivity index (χ1v) is 7.77. The van der Waals surface area contributed by atoms with Crippen molar-refractivity contribution in [3.63, 3.8) is 0 Å². The predicted molar refractivity (Wildman–Crippen MR) is 91.1 cm³/mol. The van der Waals surface area contributed by atoms with Gasteiger partial charge in [0.25, 0.3) is 0 Å². The third-order valence-electron chi connectivity index (χ3n) is 4.19. The van der Waals surface area contributed by atoms with E-state index in [0.29, 0.717) is 21.8 Å². The van der Waals surface area contributed by atoms with Crippen LogP contribution in [-0.4, -0.2) is 21.9 Å². The van der Waals surface area contributed by atoms with Gasteiger partial charge < -0.3 is 19.8 Å². The van der Waals surface area contributed by atoms with E-state index in [1.54, 1.807) is 48.5 Å². The average Bonchev–Trinajstić information content (AvgIpc) is 2.65. The van der Waals surface area contributed by atoms with E-state index in [-0.39, 0.29) is 81.5 Å². The van der Waals surface area contributed by atoms with E-state index in [1.165, 1.54) is 12.3 Å². The zero-order chi connectivity index (χ0) is 18.3. The molecule has 0 radical (unpaired) electrons. The molecule has 2 aromatic heterocycles. The van der Waals surface area contributed by atoms with Gasteiger partial charge in [-0.25, -0.2) is 4.98 Å². The molecule has 0 fully saturated rings. The number of fused-ring (bicyclic) bond motifs is 2. The van der Waals surface area contributed by atoms with E-state index in [9.17, 15) is 19.8 Å². The number of carbonyl (C=O) groups is 2. The Bertz CT molecular complexity index is 1210. The van der Waals surface area contributed by atoms with Crippen LogP contribution >= 0.6 is 0 Å². The molecule has 0 unspecified atom stereocenters. The van der Waals surface area contributed by atoms with Gasteiger partial charge in [0.1, 0.15) is 0 Å². The van der Waals surface area contributed by atoms with E-state index < -0.39 is 11.9 Å². The van der Waals surface area contributed by atoms with Crippen molar-refractivity contribution in [2.24, 2.45) is 0 Å². The second-order valence-corrected chi connectivity index (χ2v) is 5.71. The van der Waals surface area contributed by atoms with Crippen molar-refractivity contribution in [1.82, 2.24) is 9.97 Å². The molecule has 2 aromatic carbocycles. The molecule has 8 heteroatoms. The average molecular weight is 388 g/mol. The summed E-state index contributed by atoms with van der Waals surface area (Å²) in [5.41, 5.74) is 1.14. The normalized spacial score (nSPS) is 10.1. The molecule has 0 aliphatic rings. The molecule has 4 rings (SSSR count). The van der Waals surface area contributed by atoms with Gasteiger partial charge >= 0.3 is 59.1 Å². The topological polar surface area (TPSA) is 106 Å². The summed E-state index contributed by atoms with van der Waals surface area (Å²) in [6.45, 7) is 0. The van der Waals surface area contributed by atoms with Crippen molar-refractivity contribution < 1.29 is 78.9 Å². The monoisotopic (exact) mass is 388 g/mol. The molecule has 0 N–H and O–H groups in total. The molecule has 4 aromatic rings. The minimum absolute atomic E-state index is 0. The second kappa shape index (κ2) is 9.13. The first-order chi connectivity index (χ1) is 12.6. The summed E-state index contributed by atoms with van der Waals surface area (Å²) >= 11 is 0. The van der Waals surface area contributed by atoms with E-state index in [4.69, 9.17) is 0 Å². The molecule has 0 atom stereocenters. The van der Waals surface area contributed by atoms with Gasteiger partial charge in [-0.2, -0.15) is 0 Å². The summed E-state index contributed by atoms with van der Waals surface area (Å²) in [4.78, 5) is 32.0. The number of hydrogen-bond acceptors (Lipinski definition) is 6. The minimum Gasteiger partial charge on any atom is -0.545 e. The Labute approximate surface area is 204 Å².